The maximum atomic E-state index is 9.73. The summed E-state index contributed by atoms with van der Waals surface area (Å²) < 4.78 is 0. The van der Waals surface area contributed by atoms with Gasteiger partial charge in [-0.2, -0.15) is 4.98 Å². The van der Waals surface area contributed by atoms with E-state index in [-0.39, 0.29) is 12.1 Å². The Labute approximate surface area is 117 Å². The summed E-state index contributed by atoms with van der Waals surface area (Å²) in [4.78, 5) is 8.73. The fourth-order valence-electron chi connectivity index (χ4n) is 2.86. The topological polar surface area (TPSA) is 96.1 Å². The van der Waals surface area contributed by atoms with Crippen LogP contribution in [0.2, 0.25) is 0 Å². The maximum absolute atomic E-state index is 9.73. The highest BCUT2D eigenvalue weighted by atomic mass is 16.3. The van der Waals surface area contributed by atoms with Gasteiger partial charge in [0.1, 0.15) is 5.82 Å². The Bertz CT molecular complexity index is 610. The van der Waals surface area contributed by atoms with Crippen LogP contribution in [0.4, 0.5) is 11.8 Å². The second-order valence-corrected chi connectivity index (χ2v) is 5.33. The molecule has 1 aliphatic rings. The Balaban J connectivity index is 2.05. The molecular weight excluding hydrogens is 254 g/mol. The van der Waals surface area contributed by atoms with E-state index in [1.54, 1.807) is 0 Å². The van der Waals surface area contributed by atoms with Crippen molar-refractivity contribution in [2.45, 2.75) is 31.2 Å². The molecule has 3 rings (SSSR count). The molecule has 0 unspecified atom stereocenters. The van der Waals surface area contributed by atoms with Gasteiger partial charge in [0.05, 0.1) is 17.7 Å². The number of aliphatic hydroxyl groups is 1. The van der Waals surface area contributed by atoms with E-state index in [0.717, 1.165) is 42.4 Å². The number of para-hydroxylation sites is 1. The van der Waals surface area contributed by atoms with Gasteiger partial charge in [-0.3, -0.25) is 5.43 Å². The highest BCUT2D eigenvalue weighted by Crippen LogP contribution is 2.34. The molecule has 0 bridgehead atoms. The van der Waals surface area contributed by atoms with E-state index in [2.05, 4.69) is 20.7 Å². The van der Waals surface area contributed by atoms with E-state index in [4.69, 9.17) is 5.84 Å². The molecule has 1 aliphatic carbocycles. The minimum absolute atomic E-state index is 0.108. The fraction of sp³-hybridized carbons (Fsp3) is 0.429. The summed E-state index contributed by atoms with van der Waals surface area (Å²) in [6.07, 6.45) is 4.15. The van der Waals surface area contributed by atoms with Gasteiger partial charge in [-0.25, -0.2) is 10.8 Å². The number of nitrogen functional groups attached to an aromatic ring is 1. The molecule has 1 saturated carbocycles. The fourth-order valence-corrected chi connectivity index (χ4v) is 2.86. The van der Waals surface area contributed by atoms with Crippen LogP contribution in [0, 0.1) is 0 Å². The van der Waals surface area contributed by atoms with E-state index in [1.165, 1.54) is 0 Å². The molecule has 0 saturated heterocycles. The lowest BCUT2D eigenvalue weighted by Crippen LogP contribution is -2.39. The standard InChI is InChI=1S/C14H19N5O/c15-19-13-16-11-6-2-1-5-10(11)12(17-13)18-14(9-20)7-3-4-8-14/h1-2,5-6,20H,3-4,7-9,15H2,(H2,16,17,18,19). The van der Waals surface area contributed by atoms with Crippen LogP contribution in [0.15, 0.2) is 24.3 Å². The van der Waals surface area contributed by atoms with Crippen molar-refractivity contribution < 1.29 is 5.11 Å². The third-order valence-electron chi connectivity index (χ3n) is 3.98. The van der Waals surface area contributed by atoms with E-state index in [1.807, 2.05) is 24.3 Å². The summed E-state index contributed by atoms with van der Waals surface area (Å²) in [5, 5.41) is 14.1. The zero-order valence-electron chi connectivity index (χ0n) is 11.3. The molecule has 0 atom stereocenters. The lowest BCUT2D eigenvalue weighted by atomic mass is 9.98. The van der Waals surface area contributed by atoms with Crippen molar-refractivity contribution in [3.63, 3.8) is 0 Å². The maximum Gasteiger partial charge on any atom is 0.239 e. The van der Waals surface area contributed by atoms with Crippen molar-refractivity contribution in [3.05, 3.63) is 24.3 Å². The Morgan fingerprint density at radius 3 is 2.65 bits per heavy atom. The predicted molar refractivity (Wildman–Crippen MR) is 79.3 cm³/mol. The van der Waals surface area contributed by atoms with E-state index < -0.39 is 0 Å². The number of fused-ring (bicyclic) bond motifs is 1. The van der Waals surface area contributed by atoms with Crippen molar-refractivity contribution in [1.29, 1.82) is 0 Å². The Morgan fingerprint density at radius 2 is 1.95 bits per heavy atom. The Hall–Kier alpha value is -1.92. The van der Waals surface area contributed by atoms with Gasteiger partial charge in [0.15, 0.2) is 0 Å². The molecule has 106 valence electrons. The van der Waals surface area contributed by atoms with E-state index in [9.17, 15) is 5.11 Å². The number of benzene rings is 1. The number of aliphatic hydroxyl groups excluding tert-OH is 1. The molecule has 1 aromatic carbocycles. The van der Waals surface area contributed by atoms with E-state index >= 15 is 0 Å². The summed E-state index contributed by atoms with van der Waals surface area (Å²) in [7, 11) is 0. The molecule has 0 radical (unpaired) electrons. The number of aromatic nitrogens is 2. The van der Waals surface area contributed by atoms with Gasteiger partial charge in [0, 0.05) is 5.39 Å². The summed E-state index contributed by atoms with van der Waals surface area (Å²) in [6.45, 7) is 0.108. The normalized spacial score (nSPS) is 17.3. The minimum Gasteiger partial charge on any atom is -0.394 e. The smallest absolute Gasteiger partial charge is 0.239 e. The second-order valence-electron chi connectivity index (χ2n) is 5.33. The number of nitrogens with one attached hydrogen (secondary N) is 2. The molecular formula is C14H19N5O. The predicted octanol–water partition coefficient (Wildman–Crippen LogP) is 1.63. The van der Waals surface area contributed by atoms with Gasteiger partial charge in [-0.1, -0.05) is 25.0 Å². The first-order valence-corrected chi connectivity index (χ1v) is 6.89. The van der Waals surface area contributed by atoms with Crippen molar-refractivity contribution in [2.75, 3.05) is 17.3 Å². The zero-order valence-corrected chi connectivity index (χ0v) is 11.3. The summed E-state index contributed by atoms with van der Waals surface area (Å²) in [5.41, 5.74) is 3.04. The zero-order chi connectivity index (χ0) is 14.0. The summed E-state index contributed by atoms with van der Waals surface area (Å²) in [5.74, 6) is 6.53. The highest BCUT2D eigenvalue weighted by Gasteiger charge is 2.33. The van der Waals surface area contributed by atoms with Crippen molar-refractivity contribution in [1.82, 2.24) is 9.97 Å². The van der Waals surface area contributed by atoms with Crippen LogP contribution in [0.3, 0.4) is 0 Å². The molecule has 6 nitrogen and oxygen atoms in total. The molecule has 5 N–H and O–H groups in total. The largest absolute Gasteiger partial charge is 0.394 e. The number of hydrogen-bond acceptors (Lipinski definition) is 6. The number of hydrazine groups is 1. The Morgan fingerprint density at radius 1 is 1.20 bits per heavy atom. The number of rotatable bonds is 4. The first-order valence-electron chi connectivity index (χ1n) is 6.89. The first-order chi connectivity index (χ1) is 9.76. The highest BCUT2D eigenvalue weighted by molar-refractivity contribution is 5.90. The molecule has 0 aliphatic heterocycles. The molecule has 1 aromatic heterocycles. The van der Waals surface area contributed by atoms with Crippen molar-refractivity contribution in [2.24, 2.45) is 5.84 Å². The number of anilines is 2. The number of nitrogens with zero attached hydrogens (tertiary/aromatic N) is 2. The molecule has 20 heavy (non-hydrogen) atoms. The summed E-state index contributed by atoms with van der Waals surface area (Å²) >= 11 is 0. The molecule has 0 spiro atoms. The van der Waals surface area contributed by atoms with Crippen LogP contribution in [-0.2, 0) is 0 Å². The van der Waals surface area contributed by atoms with Crippen LogP contribution >= 0.6 is 0 Å². The second kappa shape index (κ2) is 5.22. The quantitative estimate of drug-likeness (QED) is 0.499. The number of nitrogens with two attached hydrogens (primary N) is 1. The number of hydrogen-bond donors (Lipinski definition) is 4. The van der Waals surface area contributed by atoms with Crippen molar-refractivity contribution in [3.8, 4) is 0 Å². The van der Waals surface area contributed by atoms with Gasteiger partial charge < -0.3 is 10.4 Å². The third kappa shape index (κ3) is 2.28. The van der Waals surface area contributed by atoms with Crippen LogP contribution in [0.5, 0.6) is 0 Å². The first kappa shape index (κ1) is 13.1. The SMILES string of the molecule is NNc1nc(NC2(CO)CCCC2)c2ccccc2n1. The molecule has 0 amide bonds. The molecule has 2 aromatic rings. The van der Waals surface area contributed by atoms with Crippen molar-refractivity contribution >= 4 is 22.7 Å². The van der Waals surface area contributed by atoms with Gasteiger partial charge in [0.25, 0.3) is 0 Å². The average Bonchev–Trinajstić information content (AvgIpc) is 2.96. The van der Waals surface area contributed by atoms with Gasteiger partial charge >= 0.3 is 0 Å². The van der Waals surface area contributed by atoms with Gasteiger partial charge in [-0.15, -0.1) is 0 Å². The van der Waals surface area contributed by atoms with Crippen LogP contribution in [0.1, 0.15) is 25.7 Å². The molecule has 6 heteroatoms. The Kier molecular flexibility index (Phi) is 3.42. The summed E-state index contributed by atoms with van der Waals surface area (Å²) in [6, 6.07) is 7.77. The molecule has 1 fully saturated rings. The average molecular weight is 273 g/mol. The lowest BCUT2D eigenvalue weighted by Gasteiger charge is -2.29. The van der Waals surface area contributed by atoms with E-state index in [0.29, 0.717) is 5.95 Å². The van der Waals surface area contributed by atoms with Crippen LogP contribution in [0.25, 0.3) is 10.9 Å². The van der Waals surface area contributed by atoms with Gasteiger partial charge in [-0.05, 0) is 25.0 Å². The third-order valence-corrected chi connectivity index (χ3v) is 3.98. The minimum atomic E-state index is -0.275. The molecule has 1 heterocycles. The van der Waals surface area contributed by atoms with Gasteiger partial charge in [0.2, 0.25) is 5.95 Å². The van der Waals surface area contributed by atoms with Crippen LogP contribution < -0.4 is 16.6 Å². The van der Waals surface area contributed by atoms with Crippen LogP contribution in [-0.4, -0.2) is 27.2 Å². The lowest BCUT2D eigenvalue weighted by molar-refractivity contribution is 0.214. The monoisotopic (exact) mass is 273 g/mol.